The van der Waals surface area contributed by atoms with Gasteiger partial charge in [-0.2, -0.15) is 0 Å². The Labute approximate surface area is 161 Å². The molecule has 1 aromatic rings. The average Bonchev–Trinajstić information content (AvgIpc) is 2.68. The molecule has 0 radical (unpaired) electrons. The van der Waals surface area contributed by atoms with Crippen LogP contribution in [0.15, 0.2) is 24.3 Å². The number of amides is 2. The van der Waals surface area contributed by atoms with Crippen LogP contribution in [0, 0.1) is 0 Å². The lowest BCUT2D eigenvalue weighted by Gasteiger charge is -2.34. The molecule has 2 aliphatic heterocycles. The minimum Gasteiger partial charge on any atom is -0.478 e. The quantitative estimate of drug-likeness (QED) is 0.746. The lowest BCUT2D eigenvalue weighted by Crippen LogP contribution is -2.49. The molecule has 1 saturated heterocycles. The zero-order valence-electron chi connectivity index (χ0n) is 16.4. The molecule has 27 heavy (non-hydrogen) atoms. The summed E-state index contributed by atoms with van der Waals surface area (Å²) in [6.45, 7) is 7.04. The number of hydrogen-bond donors (Lipinski definition) is 1. The number of carbonyl (C=O) groups excluding carboxylic acids is 2. The highest BCUT2D eigenvalue weighted by molar-refractivity contribution is 6.03. The Balaban J connectivity index is 1.50. The first-order valence-electron chi connectivity index (χ1n) is 10.2. The third kappa shape index (κ3) is 4.80. The number of likely N-dealkylation sites (tertiary alicyclic amines) is 1. The number of piperidine rings is 1. The smallest absolute Gasteiger partial charge is 0.268 e. The average molecular weight is 373 g/mol. The number of benzene rings is 1. The monoisotopic (exact) mass is 373 g/mol. The van der Waals surface area contributed by atoms with Crippen molar-refractivity contribution in [1.82, 2.24) is 10.2 Å². The Morgan fingerprint density at radius 1 is 1.30 bits per heavy atom. The molecule has 1 aromatic carbocycles. The molecule has 1 fully saturated rings. The van der Waals surface area contributed by atoms with Gasteiger partial charge in [0.25, 0.3) is 5.91 Å². The Kier molecular flexibility index (Phi) is 6.72. The van der Waals surface area contributed by atoms with E-state index in [2.05, 4.69) is 17.1 Å². The Morgan fingerprint density at radius 2 is 2.11 bits per heavy atom. The number of carbonyl (C=O) groups is 2. The van der Waals surface area contributed by atoms with Crippen LogP contribution < -0.4 is 15.0 Å². The lowest BCUT2D eigenvalue weighted by molar-refractivity contribution is -0.129. The van der Waals surface area contributed by atoms with Crippen LogP contribution in [-0.2, 0) is 9.59 Å². The fourth-order valence-corrected chi connectivity index (χ4v) is 3.90. The predicted octanol–water partition coefficient (Wildman–Crippen LogP) is 2.57. The molecule has 0 spiro atoms. The van der Waals surface area contributed by atoms with Gasteiger partial charge in [0.15, 0.2) is 6.10 Å². The summed E-state index contributed by atoms with van der Waals surface area (Å²) in [6.07, 6.45) is 4.86. The molecule has 2 atom stereocenters. The fraction of sp³-hybridized carbons (Fsp3) is 0.619. The molecule has 1 N–H and O–H groups in total. The first kappa shape index (κ1) is 19.7. The van der Waals surface area contributed by atoms with E-state index in [1.165, 1.54) is 19.3 Å². The lowest BCUT2D eigenvalue weighted by atomic mass is 10.0. The van der Waals surface area contributed by atoms with E-state index in [-0.39, 0.29) is 18.4 Å². The summed E-state index contributed by atoms with van der Waals surface area (Å²) in [6, 6.07) is 8.04. The highest BCUT2D eigenvalue weighted by atomic mass is 16.5. The first-order chi connectivity index (χ1) is 13.1. The summed E-state index contributed by atoms with van der Waals surface area (Å²) in [5.74, 6) is 0.394. The molecule has 2 aliphatic rings. The SMILES string of the molecule is CC[C@@H]1Oc2ccccc2N(CC(=O)NCCCN2CCCC[C@@H]2C)C1=O. The summed E-state index contributed by atoms with van der Waals surface area (Å²) in [7, 11) is 0. The third-order valence-electron chi connectivity index (χ3n) is 5.52. The van der Waals surface area contributed by atoms with Gasteiger partial charge in [0.05, 0.1) is 5.69 Å². The van der Waals surface area contributed by atoms with Crippen LogP contribution in [-0.4, -0.2) is 55.0 Å². The van der Waals surface area contributed by atoms with Crippen molar-refractivity contribution in [3.63, 3.8) is 0 Å². The van der Waals surface area contributed by atoms with E-state index >= 15 is 0 Å². The van der Waals surface area contributed by atoms with Crippen LogP contribution in [0.4, 0.5) is 5.69 Å². The number of hydrogen-bond acceptors (Lipinski definition) is 4. The molecule has 6 nitrogen and oxygen atoms in total. The topological polar surface area (TPSA) is 61.9 Å². The van der Waals surface area contributed by atoms with Crippen molar-refractivity contribution in [2.24, 2.45) is 0 Å². The molecular weight excluding hydrogens is 342 g/mol. The predicted molar refractivity (Wildman–Crippen MR) is 106 cm³/mol. The second-order valence-corrected chi connectivity index (χ2v) is 7.49. The molecule has 0 bridgehead atoms. The van der Waals surface area contributed by atoms with Crippen LogP contribution in [0.25, 0.3) is 0 Å². The van der Waals surface area contributed by atoms with Gasteiger partial charge < -0.3 is 15.0 Å². The maximum absolute atomic E-state index is 12.6. The van der Waals surface area contributed by atoms with Crippen molar-refractivity contribution in [3.05, 3.63) is 24.3 Å². The third-order valence-corrected chi connectivity index (χ3v) is 5.52. The van der Waals surface area contributed by atoms with E-state index in [4.69, 9.17) is 4.74 Å². The number of ether oxygens (including phenoxy) is 1. The number of nitrogens with one attached hydrogen (secondary N) is 1. The van der Waals surface area contributed by atoms with Gasteiger partial charge in [-0.3, -0.25) is 14.5 Å². The van der Waals surface area contributed by atoms with Gasteiger partial charge in [-0.25, -0.2) is 0 Å². The van der Waals surface area contributed by atoms with Gasteiger partial charge in [-0.1, -0.05) is 25.5 Å². The number of nitrogens with zero attached hydrogens (tertiary/aromatic N) is 2. The fourth-order valence-electron chi connectivity index (χ4n) is 3.90. The maximum atomic E-state index is 12.6. The first-order valence-corrected chi connectivity index (χ1v) is 10.2. The molecule has 148 valence electrons. The largest absolute Gasteiger partial charge is 0.478 e. The summed E-state index contributed by atoms with van der Waals surface area (Å²) in [5, 5.41) is 2.97. The minimum absolute atomic E-state index is 0.0375. The zero-order chi connectivity index (χ0) is 19.2. The molecular formula is C21H31N3O3. The van der Waals surface area contributed by atoms with Gasteiger partial charge >= 0.3 is 0 Å². The highest BCUT2D eigenvalue weighted by Gasteiger charge is 2.34. The van der Waals surface area contributed by atoms with Crippen molar-refractivity contribution in [2.45, 2.75) is 58.1 Å². The van der Waals surface area contributed by atoms with Crippen LogP contribution in [0.1, 0.15) is 46.0 Å². The maximum Gasteiger partial charge on any atom is 0.268 e. The molecule has 0 saturated carbocycles. The molecule has 0 unspecified atom stereocenters. The van der Waals surface area contributed by atoms with E-state index in [1.54, 1.807) is 4.90 Å². The molecule has 0 aliphatic carbocycles. The second-order valence-electron chi connectivity index (χ2n) is 7.49. The van der Waals surface area contributed by atoms with E-state index in [9.17, 15) is 9.59 Å². The van der Waals surface area contributed by atoms with Gasteiger partial charge in [0.1, 0.15) is 12.3 Å². The normalized spacial score (nSPS) is 22.9. The van der Waals surface area contributed by atoms with Gasteiger partial charge in [0, 0.05) is 19.1 Å². The Bertz CT molecular complexity index is 664. The van der Waals surface area contributed by atoms with E-state index in [1.807, 2.05) is 31.2 Å². The van der Waals surface area contributed by atoms with Crippen molar-refractivity contribution in [2.75, 3.05) is 31.1 Å². The van der Waals surface area contributed by atoms with E-state index in [0.717, 1.165) is 19.5 Å². The molecule has 2 amide bonds. The van der Waals surface area contributed by atoms with E-state index in [0.29, 0.717) is 30.4 Å². The second kappa shape index (κ2) is 9.22. The molecule has 2 heterocycles. The van der Waals surface area contributed by atoms with Crippen molar-refractivity contribution < 1.29 is 14.3 Å². The summed E-state index contributed by atoms with van der Waals surface area (Å²) >= 11 is 0. The number of fused-ring (bicyclic) bond motifs is 1. The zero-order valence-corrected chi connectivity index (χ0v) is 16.4. The number of rotatable bonds is 7. The van der Waals surface area contributed by atoms with Crippen LogP contribution in [0.5, 0.6) is 5.75 Å². The van der Waals surface area contributed by atoms with Crippen LogP contribution in [0.2, 0.25) is 0 Å². The number of para-hydroxylation sites is 2. The summed E-state index contributed by atoms with van der Waals surface area (Å²) in [4.78, 5) is 29.1. The van der Waals surface area contributed by atoms with E-state index < -0.39 is 6.10 Å². The van der Waals surface area contributed by atoms with Gasteiger partial charge in [-0.05, 0) is 51.3 Å². The molecule has 3 rings (SSSR count). The standard InChI is InChI=1S/C21H31N3O3/c1-3-18-21(26)24(17-10-4-5-11-19(17)27-18)15-20(25)22-12-8-14-23-13-7-6-9-16(23)2/h4-5,10-11,16,18H,3,6-9,12-15H2,1-2H3,(H,22,25)/t16-,18-/m0/s1. The summed E-state index contributed by atoms with van der Waals surface area (Å²) in [5.41, 5.74) is 0.671. The van der Waals surface area contributed by atoms with Gasteiger partial charge in [-0.15, -0.1) is 0 Å². The highest BCUT2D eigenvalue weighted by Crippen LogP contribution is 2.34. The van der Waals surface area contributed by atoms with Crippen LogP contribution >= 0.6 is 0 Å². The molecule has 0 aromatic heterocycles. The molecule has 6 heteroatoms. The van der Waals surface area contributed by atoms with Crippen molar-refractivity contribution in [1.29, 1.82) is 0 Å². The Hall–Kier alpha value is -2.08. The van der Waals surface area contributed by atoms with Crippen LogP contribution in [0.3, 0.4) is 0 Å². The van der Waals surface area contributed by atoms with Gasteiger partial charge in [0.2, 0.25) is 5.91 Å². The Morgan fingerprint density at radius 3 is 2.89 bits per heavy atom. The number of anilines is 1. The minimum atomic E-state index is -0.520. The van der Waals surface area contributed by atoms with Crippen molar-refractivity contribution >= 4 is 17.5 Å². The summed E-state index contributed by atoms with van der Waals surface area (Å²) < 4.78 is 5.75. The van der Waals surface area contributed by atoms with Crippen molar-refractivity contribution in [3.8, 4) is 5.75 Å².